The summed E-state index contributed by atoms with van der Waals surface area (Å²) in [6.45, 7) is 4.33. The molecule has 0 atom stereocenters. The molecule has 4 rings (SSSR count). The van der Waals surface area contributed by atoms with E-state index in [2.05, 4.69) is 27.4 Å². The van der Waals surface area contributed by atoms with Crippen LogP contribution in [0.25, 0.3) is 10.9 Å². The lowest BCUT2D eigenvalue weighted by molar-refractivity contribution is -0.192. The molecule has 1 saturated heterocycles. The summed E-state index contributed by atoms with van der Waals surface area (Å²) in [6.07, 6.45) is -1.37. The molecule has 1 aliphatic heterocycles. The van der Waals surface area contributed by atoms with Gasteiger partial charge in [-0.3, -0.25) is 4.98 Å². The topological polar surface area (TPSA) is 110 Å². The molecule has 3 heterocycles. The monoisotopic (exact) mass is 472 g/mol. The summed E-state index contributed by atoms with van der Waals surface area (Å²) in [5, 5.41) is 16.2. The van der Waals surface area contributed by atoms with Crippen LogP contribution in [0.4, 0.5) is 13.2 Å². The molecule has 1 aromatic carbocycles. The van der Waals surface area contributed by atoms with Gasteiger partial charge in [0.05, 0.1) is 5.02 Å². The second kappa shape index (κ2) is 9.70. The first-order chi connectivity index (χ1) is 15.1. The van der Waals surface area contributed by atoms with E-state index in [1.807, 2.05) is 18.2 Å². The Hall–Kier alpha value is -2.92. The molecule has 0 bridgehead atoms. The largest absolute Gasteiger partial charge is 0.490 e. The zero-order valence-corrected chi connectivity index (χ0v) is 17.7. The Morgan fingerprint density at radius 3 is 2.66 bits per heavy atom. The number of ether oxygens (including phenoxy) is 1. The number of rotatable bonds is 4. The SMILES string of the molecule is CC1(c2noc(COc3ccc(Cl)c4cccnc34)n2)CCNCC1.O=C(O)C(F)(F)F. The van der Waals surface area contributed by atoms with E-state index in [9.17, 15) is 13.2 Å². The van der Waals surface area contributed by atoms with Gasteiger partial charge in [0.25, 0.3) is 5.89 Å². The van der Waals surface area contributed by atoms with Crippen LogP contribution in [-0.2, 0) is 16.8 Å². The number of nitrogens with zero attached hydrogens (tertiary/aromatic N) is 3. The standard InChI is InChI=1S/C18H19ClN4O2.C2HF3O2/c1-18(6-9-20-10-7-18)17-22-15(25-23-17)11-24-14-5-4-13(19)12-3-2-8-21-16(12)14;3-2(4,5)1(6)7/h2-5,8,20H,6-7,9-11H2,1H3;(H,6,7). The maximum atomic E-state index is 10.6. The summed E-state index contributed by atoms with van der Waals surface area (Å²) >= 11 is 6.21. The first kappa shape index (κ1) is 23.7. The van der Waals surface area contributed by atoms with Gasteiger partial charge in [0.1, 0.15) is 11.3 Å². The van der Waals surface area contributed by atoms with E-state index in [1.54, 1.807) is 12.3 Å². The van der Waals surface area contributed by atoms with Gasteiger partial charge in [-0.1, -0.05) is 23.7 Å². The van der Waals surface area contributed by atoms with E-state index in [0.29, 0.717) is 16.7 Å². The van der Waals surface area contributed by atoms with Crippen LogP contribution in [0.15, 0.2) is 35.0 Å². The highest BCUT2D eigenvalue weighted by molar-refractivity contribution is 6.35. The first-order valence-corrected chi connectivity index (χ1v) is 9.98. The van der Waals surface area contributed by atoms with Crippen molar-refractivity contribution in [2.24, 2.45) is 0 Å². The number of benzene rings is 1. The summed E-state index contributed by atoms with van der Waals surface area (Å²) in [4.78, 5) is 17.8. The number of aliphatic carboxylic acids is 1. The average Bonchev–Trinajstić information content (AvgIpc) is 3.24. The highest BCUT2D eigenvalue weighted by Crippen LogP contribution is 2.32. The van der Waals surface area contributed by atoms with Crippen LogP contribution in [0.1, 0.15) is 31.5 Å². The molecule has 2 N–H and O–H groups in total. The third kappa shape index (κ3) is 5.65. The van der Waals surface area contributed by atoms with Gasteiger partial charge in [-0.25, -0.2) is 4.79 Å². The maximum Gasteiger partial charge on any atom is 0.490 e. The molecule has 172 valence electrons. The van der Waals surface area contributed by atoms with E-state index < -0.39 is 12.1 Å². The Morgan fingerprint density at radius 1 is 1.31 bits per heavy atom. The fraction of sp³-hybridized carbons (Fsp3) is 0.400. The Balaban J connectivity index is 0.000000360. The highest BCUT2D eigenvalue weighted by atomic mass is 35.5. The lowest BCUT2D eigenvalue weighted by Gasteiger charge is -2.30. The summed E-state index contributed by atoms with van der Waals surface area (Å²) in [7, 11) is 0. The molecule has 0 unspecified atom stereocenters. The Bertz CT molecular complexity index is 1080. The normalized spacial score (nSPS) is 15.7. The number of alkyl halides is 3. The number of halogens is 4. The van der Waals surface area contributed by atoms with Gasteiger partial charge in [0.15, 0.2) is 12.4 Å². The van der Waals surface area contributed by atoms with Crippen LogP contribution in [0.3, 0.4) is 0 Å². The van der Waals surface area contributed by atoms with Crippen molar-refractivity contribution < 1.29 is 32.3 Å². The number of hydrogen-bond donors (Lipinski definition) is 2. The third-order valence-corrected chi connectivity index (χ3v) is 5.32. The van der Waals surface area contributed by atoms with Crippen LogP contribution >= 0.6 is 11.6 Å². The van der Waals surface area contributed by atoms with E-state index in [0.717, 1.165) is 42.7 Å². The van der Waals surface area contributed by atoms with Crippen molar-refractivity contribution in [3.8, 4) is 5.75 Å². The molecule has 0 radical (unpaired) electrons. The second-order valence-electron chi connectivity index (χ2n) is 7.36. The minimum Gasteiger partial charge on any atom is -0.481 e. The molecule has 0 amide bonds. The zero-order valence-electron chi connectivity index (χ0n) is 16.9. The van der Waals surface area contributed by atoms with Crippen LogP contribution < -0.4 is 10.1 Å². The van der Waals surface area contributed by atoms with E-state index in [1.165, 1.54) is 0 Å². The second-order valence-corrected chi connectivity index (χ2v) is 7.77. The van der Waals surface area contributed by atoms with E-state index >= 15 is 0 Å². The summed E-state index contributed by atoms with van der Waals surface area (Å²) in [6, 6.07) is 7.38. The van der Waals surface area contributed by atoms with Gasteiger partial charge in [0.2, 0.25) is 0 Å². The lowest BCUT2D eigenvalue weighted by Crippen LogP contribution is -2.38. The van der Waals surface area contributed by atoms with Gasteiger partial charge < -0.3 is 19.7 Å². The molecular weight excluding hydrogens is 453 g/mol. The molecular formula is C20H20ClF3N4O4. The minimum absolute atomic E-state index is 0.0402. The molecule has 2 aromatic heterocycles. The van der Waals surface area contributed by atoms with Crippen molar-refractivity contribution in [2.75, 3.05) is 13.1 Å². The van der Waals surface area contributed by atoms with Gasteiger partial charge in [0, 0.05) is 17.0 Å². The van der Waals surface area contributed by atoms with Crippen LogP contribution in [-0.4, -0.2) is 45.5 Å². The minimum atomic E-state index is -5.08. The number of carboxylic acids is 1. The number of piperidine rings is 1. The molecule has 32 heavy (non-hydrogen) atoms. The average molecular weight is 473 g/mol. The summed E-state index contributed by atoms with van der Waals surface area (Å²) in [5.41, 5.74) is 0.682. The van der Waals surface area contributed by atoms with Crippen LogP contribution in [0.2, 0.25) is 5.02 Å². The van der Waals surface area contributed by atoms with Crippen LogP contribution in [0, 0.1) is 0 Å². The summed E-state index contributed by atoms with van der Waals surface area (Å²) < 4.78 is 43.0. The number of carbonyl (C=O) groups is 1. The molecule has 1 aliphatic rings. The molecule has 1 fully saturated rings. The van der Waals surface area contributed by atoms with Crippen LogP contribution in [0.5, 0.6) is 5.75 Å². The van der Waals surface area contributed by atoms with E-state index in [4.69, 9.17) is 30.8 Å². The molecule has 3 aromatic rings. The van der Waals surface area contributed by atoms with Gasteiger partial charge in [-0.15, -0.1) is 0 Å². The number of carboxylic acid groups (broad SMARTS) is 1. The quantitative estimate of drug-likeness (QED) is 0.583. The maximum absolute atomic E-state index is 10.6. The van der Waals surface area contributed by atoms with Crippen molar-refractivity contribution in [3.63, 3.8) is 0 Å². The molecule has 0 spiro atoms. The van der Waals surface area contributed by atoms with Crippen molar-refractivity contribution in [3.05, 3.63) is 47.2 Å². The van der Waals surface area contributed by atoms with E-state index in [-0.39, 0.29) is 12.0 Å². The van der Waals surface area contributed by atoms with Crippen molar-refractivity contribution in [1.29, 1.82) is 0 Å². The van der Waals surface area contributed by atoms with Gasteiger partial charge >= 0.3 is 12.1 Å². The van der Waals surface area contributed by atoms with Crippen molar-refractivity contribution >= 4 is 28.5 Å². The third-order valence-electron chi connectivity index (χ3n) is 4.99. The smallest absolute Gasteiger partial charge is 0.481 e. The molecule has 8 nitrogen and oxygen atoms in total. The molecule has 12 heteroatoms. The molecule has 0 aliphatic carbocycles. The number of hydrogen-bond acceptors (Lipinski definition) is 7. The zero-order chi connectivity index (χ0) is 23.4. The number of fused-ring (bicyclic) bond motifs is 1. The number of pyridine rings is 1. The highest BCUT2D eigenvalue weighted by Gasteiger charge is 2.38. The first-order valence-electron chi connectivity index (χ1n) is 9.60. The van der Waals surface area contributed by atoms with Crippen molar-refractivity contribution in [1.82, 2.24) is 20.4 Å². The summed E-state index contributed by atoms with van der Waals surface area (Å²) in [5.74, 6) is -0.888. The van der Waals surface area contributed by atoms with Crippen molar-refractivity contribution in [2.45, 2.75) is 38.0 Å². The lowest BCUT2D eigenvalue weighted by atomic mass is 9.80. The fourth-order valence-corrected chi connectivity index (χ4v) is 3.34. The molecule has 0 saturated carbocycles. The Morgan fingerprint density at radius 2 is 2.00 bits per heavy atom. The predicted octanol–water partition coefficient (Wildman–Crippen LogP) is 4.12. The number of aromatic nitrogens is 3. The number of nitrogens with one attached hydrogen (secondary N) is 1. The van der Waals surface area contributed by atoms with Gasteiger partial charge in [-0.2, -0.15) is 18.2 Å². The predicted molar refractivity (Wildman–Crippen MR) is 109 cm³/mol. The fourth-order valence-electron chi connectivity index (χ4n) is 3.13. The Labute approximate surface area is 185 Å². The Kier molecular flexibility index (Phi) is 7.19. The van der Waals surface area contributed by atoms with Gasteiger partial charge in [-0.05, 0) is 50.2 Å².